The van der Waals surface area contributed by atoms with Gasteiger partial charge in [-0.05, 0) is 32.4 Å². The highest BCUT2D eigenvalue weighted by molar-refractivity contribution is 5.91. The monoisotopic (exact) mass is 272 g/mol. The molecule has 0 aliphatic carbocycles. The quantitative estimate of drug-likeness (QED) is 0.900. The fraction of sp³-hybridized carbons (Fsp3) is 0.375. The van der Waals surface area contributed by atoms with Gasteiger partial charge in [-0.15, -0.1) is 0 Å². The number of aryl methyl sites for hydroxylation is 1. The van der Waals surface area contributed by atoms with Crippen LogP contribution < -0.4 is 5.32 Å². The number of nitrogens with one attached hydrogen (secondary N) is 1. The number of carbonyl (C=O) groups is 1. The summed E-state index contributed by atoms with van der Waals surface area (Å²) in [6.07, 6.45) is 1.25. The maximum Gasteiger partial charge on any atom is 0.225 e. The lowest BCUT2D eigenvalue weighted by Gasteiger charge is -2.12. The third-order valence-corrected chi connectivity index (χ3v) is 3.55. The minimum absolute atomic E-state index is 0.00324. The fourth-order valence-electron chi connectivity index (χ4n) is 2.19. The molecule has 0 saturated carbocycles. The van der Waals surface area contributed by atoms with Crippen LogP contribution in [0.3, 0.4) is 0 Å². The molecule has 1 amide bonds. The predicted molar refractivity (Wildman–Crippen MR) is 78.7 cm³/mol. The number of benzene rings is 1. The molecule has 1 aromatic carbocycles. The molecule has 0 aliphatic rings. The molecule has 106 valence electrons. The van der Waals surface area contributed by atoms with Gasteiger partial charge in [0.15, 0.2) is 0 Å². The molecule has 4 heteroatoms. The summed E-state index contributed by atoms with van der Waals surface area (Å²) in [5.41, 5.74) is 2.75. The smallest absolute Gasteiger partial charge is 0.225 e. The molecule has 0 aliphatic heterocycles. The average Bonchev–Trinajstić information content (AvgIpc) is 2.78. The van der Waals surface area contributed by atoms with Crippen molar-refractivity contribution in [3.63, 3.8) is 0 Å². The third kappa shape index (κ3) is 3.26. The molecule has 0 bridgehead atoms. The highest BCUT2D eigenvalue weighted by atomic mass is 16.5. The van der Waals surface area contributed by atoms with Crippen LogP contribution in [0.2, 0.25) is 0 Å². The van der Waals surface area contributed by atoms with Crippen LogP contribution >= 0.6 is 0 Å². The highest BCUT2D eigenvalue weighted by Gasteiger charge is 2.21. The Hall–Kier alpha value is -2.10. The predicted octanol–water partition coefficient (Wildman–Crippen LogP) is 3.81. The van der Waals surface area contributed by atoms with E-state index in [9.17, 15) is 4.79 Å². The van der Waals surface area contributed by atoms with Crippen LogP contribution in [0.5, 0.6) is 0 Å². The number of carbonyl (C=O) groups excluding carboxylic acids is 1. The van der Waals surface area contributed by atoms with E-state index < -0.39 is 0 Å². The van der Waals surface area contributed by atoms with Crippen molar-refractivity contribution >= 4 is 11.6 Å². The molecule has 20 heavy (non-hydrogen) atoms. The maximum absolute atomic E-state index is 12.1. The van der Waals surface area contributed by atoms with Gasteiger partial charge >= 0.3 is 0 Å². The van der Waals surface area contributed by atoms with Crippen LogP contribution in [0.25, 0.3) is 0 Å². The Balaban J connectivity index is 2.03. The van der Waals surface area contributed by atoms with E-state index in [1.54, 1.807) is 0 Å². The molecular weight excluding hydrogens is 252 g/mol. The molecule has 0 saturated heterocycles. The van der Waals surface area contributed by atoms with Gasteiger partial charge < -0.3 is 9.84 Å². The molecule has 0 radical (unpaired) electrons. The van der Waals surface area contributed by atoms with Crippen LogP contribution in [0.4, 0.5) is 5.69 Å². The van der Waals surface area contributed by atoms with E-state index in [1.165, 1.54) is 0 Å². The third-order valence-electron chi connectivity index (χ3n) is 3.55. The molecular formula is C16H20N2O2. The van der Waals surface area contributed by atoms with E-state index in [0.29, 0.717) is 6.42 Å². The van der Waals surface area contributed by atoms with E-state index in [-0.39, 0.29) is 11.8 Å². The Morgan fingerprint density at radius 3 is 2.55 bits per heavy atom. The molecule has 2 aromatic rings. The summed E-state index contributed by atoms with van der Waals surface area (Å²) in [6, 6.07) is 9.48. The van der Waals surface area contributed by atoms with E-state index in [0.717, 1.165) is 29.1 Å². The molecule has 2 rings (SSSR count). The van der Waals surface area contributed by atoms with Crippen LogP contribution in [-0.4, -0.2) is 11.1 Å². The summed E-state index contributed by atoms with van der Waals surface area (Å²) in [4.78, 5) is 12.1. The molecule has 0 spiro atoms. The Bertz CT molecular complexity index is 575. The second-order valence-electron chi connectivity index (χ2n) is 4.98. The lowest BCUT2D eigenvalue weighted by atomic mass is 9.95. The largest absolute Gasteiger partial charge is 0.361 e. The number of nitrogens with zero attached hydrogens (tertiary/aromatic N) is 1. The minimum Gasteiger partial charge on any atom is -0.361 e. The summed E-state index contributed by atoms with van der Waals surface area (Å²) in [5.74, 6) is 0.893. The Kier molecular flexibility index (Phi) is 4.56. The molecule has 0 unspecified atom stereocenters. The van der Waals surface area contributed by atoms with Crippen molar-refractivity contribution in [3.05, 3.63) is 47.3 Å². The van der Waals surface area contributed by atoms with Gasteiger partial charge in [-0.3, -0.25) is 4.79 Å². The lowest BCUT2D eigenvalue weighted by molar-refractivity contribution is -0.116. The number of rotatable bonds is 5. The Morgan fingerprint density at radius 1 is 1.30 bits per heavy atom. The number of para-hydroxylation sites is 1. The van der Waals surface area contributed by atoms with Gasteiger partial charge in [0.2, 0.25) is 5.91 Å². The first kappa shape index (κ1) is 14.3. The second kappa shape index (κ2) is 6.37. The molecule has 0 fully saturated rings. The number of aromatic nitrogens is 1. The van der Waals surface area contributed by atoms with Crippen molar-refractivity contribution in [1.29, 1.82) is 0 Å². The average molecular weight is 272 g/mol. The molecule has 1 aromatic heterocycles. The van der Waals surface area contributed by atoms with E-state index in [2.05, 4.69) is 17.4 Å². The lowest BCUT2D eigenvalue weighted by Crippen LogP contribution is -2.15. The van der Waals surface area contributed by atoms with Gasteiger partial charge in [0, 0.05) is 23.6 Å². The zero-order valence-electron chi connectivity index (χ0n) is 12.1. The number of anilines is 1. The topological polar surface area (TPSA) is 55.1 Å². The molecule has 1 heterocycles. The highest BCUT2D eigenvalue weighted by Crippen LogP contribution is 2.28. The van der Waals surface area contributed by atoms with E-state index >= 15 is 0 Å². The van der Waals surface area contributed by atoms with Gasteiger partial charge in [-0.2, -0.15) is 0 Å². The maximum atomic E-state index is 12.1. The summed E-state index contributed by atoms with van der Waals surface area (Å²) in [5, 5.41) is 6.87. The second-order valence-corrected chi connectivity index (χ2v) is 4.98. The van der Waals surface area contributed by atoms with Crippen molar-refractivity contribution in [2.75, 3.05) is 5.32 Å². The normalized spacial score (nSPS) is 12.2. The van der Waals surface area contributed by atoms with Crippen molar-refractivity contribution < 1.29 is 9.32 Å². The first-order chi connectivity index (χ1) is 9.61. The van der Waals surface area contributed by atoms with E-state index in [1.807, 2.05) is 44.2 Å². The minimum atomic E-state index is -0.00324. The zero-order valence-corrected chi connectivity index (χ0v) is 12.1. The zero-order chi connectivity index (χ0) is 14.5. The summed E-state index contributed by atoms with van der Waals surface area (Å²) in [6.45, 7) is 5.95. The summed E-state index contributed by atoms with van der Waals surface area (Å²) >= 11 is 0. The van der Waals surface area contributed by atoms with Crippen LogP contribution in [0, 0.1) is 13.8 Å². The standard InChI is InChI=1S/C16H20N2O2/c1-4-13(16-11(2)12(3)18-20-16)10-15(19)17-14-8-6-5-7-9-14/h5-9,13H,4,10H2,1-3H3,(H,17,19)/t13-/m0/s1. The first-order valence-electron chi connectivity index (χ1n) is 6.89. The molecule has 4 nitrogen and oxygen atoms in total. The van der Waals surface area contributed by atoms with Gasteiger partial charge in [-0.25, -0.2) is 0 Å². The molecule has 1 N–H and O–H groups in total. The summed E-state index contributed by atoms with van der Waals surface area (Å²) < 4.78 is 5.37. The Labute approximate surface area is 119 Å². The van der Waals surface area contributed by atoms with Crippen LogP contribution in [0.1, 0.15) is 42.7 Å². The SMILES string of the molecule is CC[C@@H](CC(=O)Nc1ccccc1)c1onc(C)c1C. The van der Waals surface area contributed by atoms with Crippen molar-refractivity contribution in [2.24, 2.45) is 0 Å². The van der Waals surface area contributed by atoms with Crippen LogP contribution in [0.15, 0.2) is 34.9 Å². The van der Waals surface area contributed by atoms with Crippen molar-refractivity contribution in [1.82, 2.24) is 5.16 Å². The van der Waals surface area contributed by atoms with Gasteiger partial charge in [0.25, 0.3) is 0 Å². The van der Waals surface area contributed by atoms with Gasteiger partial charge in [0.1, 0.15) is 5.76 Å². The number of hydrogen-bond donors (Lipinski definition) is 1. The molecule has 1 atom stereocenters. The first-order valence-corrected chi connectivity index (χ1v) is 6.89. The Morgan fingerprint density at radius 2 is 2.00 bits per heavy atom. The summed E-state index contributed by atoms with van der Waals surface area (Å²) in [7, 11) is 0. The number of amides is 1. The van der Waals surface area contributed by atoms with Crippen molar-refractivity contribution in [2.45, 2.75) is 39.5 Å². The van der Waals surface area contributed by atoms with Crippen LogP contribution in [-0.2, 0) is 4.79 Å². The van der Waals surface area contributed by atoms with Gasteiger partial charge in [0.05, 0.1) is 5.69 Å². The number of hydrogen-bond acceptors (Lipinski definition) is 3. The van der Waals surface area contributed by atoms with Crippen molar-refractivity contribution in [3.8, 4) is 0 Å². The van der Waals surface area contributed by atoms with Gasteiger partial charge in [-0.1, -0.05) is 30.3 Å². The fourth-order valence-corrected chi connectivity index (χ4v) is 2.19. The van der Waals surface area contributed by atoms with E-state index in [4.69, 9.17) is 4.52 Å².